The third-order valence-electron chi connectivity index (χ3n) is 4.02. The summed E-state index contributed by atoms with van der Waals surface area (Å²) >= 11 is 0. The molecule has 0 radical (unpaired) electrons. The van der Waals surface area contributed by atoms with Crippen LogP contribution >= 0.6 is 0 Å². The molecule has 118 valence electrons. The van der Waals surface area contributed by atoms with Crippen molar-refractivity contribution in [2.24, 2.45) is 0 Å². The van der Waals surface area contributed by atoms with Crippen LogP contribution in [0.5, 0.6) is 5.75 Å². The predicted molar refractivity (Wildman–Crippen MR) is 80.9 cm³/mol. The van der Waals surface area contributed by atoms with Crippen LogP contribution < -0.4 is 9.64 Å². The summed E-state index contributed by atoms with van der Waals surface area (Å²) < 4.78 is 10.9. The van der Waals surface area contributed by atoms with Crippen molar-refractivity contribution in [3.8, 4) is 5.75 Å². The Morgan fingerprint density at radius 3 is 2.68 bits per heavy atom. The average molecular weight is 304 g/mol. The van der Waals surface area contributed by atoms with Gasteiger partial charge >= 0.3 is 0 Å². The van der Waals surface area contributed by atoms with Crippen molar-refractivity contribution in [2.45, 2.75) is 19.4 Å². The largest absolute Gasteiger partial charge is 0.492 e. The second kappa shape index (κ2) is 6.46. The van der Waals surface area contributed by atoms with Crippen LogP contribution in [0.3, 0.4) is 0 Å². The highest BCUT2D eigenvalue weighted by Crippen LogP contribution is 2.33. The van der Waals surface area contributed by atoms with E-state index in [0.717, 1.165) is 0 Å². The topological polar surface area (TPSA) is 59.1 Å². The van der Waals surface area contributed by atoms with Crippen molar-refractivity contribution in [1.82, 2.24) is 4.90 Å². The van der Waals surface area contributed by atoms with Crippen molar-refractivity contribution in [3.63, 3.8) is 0 Å². The molecule has 0 N–H and O–H groups in total. The molecular formula is C16H20N2O4. The van der Waals surface area contributed by atoms with E-state index in [1.165, 1.54) is 4.90 Å². The lowest BCUT2D eigenvalue weighted by molar-refractivity contribution is -0.123. The maximum atomic E-state index is 12.7. The summed E-state index contributed by atoms with van der Waals surface area (Å²) in [7, 11) is 0. The van der Waals surface area contributed by atoms with E-state index in [-0.39, 0.29) is 24.3 Å². The third-order valence-corrected chi connectivity index (χ3v) is 4.02. The van der Waals surface area contributed by atoms with Crippen LogP contribution in [0.4, 0.5) is 5.69 Å². The average Bonchev–Trinajstić information content (AvgIpc) is 2.84. The number of carbonyl (C=O) groups excluding carboxylic acids is 2. The molecule has 0 bridgehead atoms. The molecular weight excluding hydrogens is 284 g/mol. The molecule has 2 amide bonds. The van der Waals surface area contributed by atoms with Gasteiger partial charge in [0.1, 0.15) is 5.75 Å². The highest BCUT2D eigenvalue weighted by atomic mass is 16.5. The van der Waals surface area contributed by atoms with Crippen molar-refractivity contribution in [1.29, 1.82) is 0 Å². The summed E-state index contributed by atoms with van der Waals surface area (Å²) in [5.41, 5.74) is 0.537. The fourth-order valence-corrected chi connectivity index (χ4v) is 2.96. The normalized spacial score (nSPS) is 23.1. The highest BCUT2D eigenvalue weighted by molar-refractivity contribution is 6.23. The van der Waals surface area contributed by atoms with Crippen LogP contribution in [0.25, 0.3) is 0 Å². The van der Waals surface area contributed by atoms with E-state index < -0.39 is 0 Å². The van der Waals surface area contributed by atoms with E-state index in [4.69, 9.17) is 9.47 Å². The Balaban J connectivity index is 1.85. The summed E-state index contributed by atoms with van der Waals surface area (Å²) in [5, 5.41) is 0. The maximum Gasteiger partial charge on any atom is 0.251 e. The Kier molecular flexibility index (Phi) is 4.40. The molecule has 6 nitrogen and oxygen atoms in total. The minimum atomic E-state index is -0.383. The minimum Gasteiger partial charge on any atom is -0.492 e. The van der Waals surface area contributed by atoms with E-state index in [2.05, 4.69) is 0 Å². The zero-order valence-electron chi connectivity index (χ0n) is 12.7. The molecule has 3 rings (SSSR count). The molecule has 2 fully saturated rings. The van der Waals surface area contributed by atoms with E-state index in [0.29, 0.717) is 44.3 Å². The number of anilines is 1. The third kappa shape index (κ3) is 2.71. The van der Waals surface area contributed by atoms with E-state index >= 15 is 0 Å². The van der Waals surface area contributed by atoms with Crippen molar-refractivity contribution in [2.75, 3.05) is 37.8 Å². The predicted octanol–water partition coefficient (Wildman–Crippen LogP) is 1.05. The second-order valence-electron chi connectivity index (χ2n) is 5.34. The summed E-state index contributed by atoms with van der Waals surface area (Å²) in [6, 6.07) is 6.79. The van der Waals surface area contributed by atoms with Crippen molar-refractivity contribution < 1.29 is 19.1 Å². The molecule has 22 heavy (non-hydrogen) atoms. The van der Waals surface area contributed by atoms with E-state index in [1.807, 2.05) is 17.9 Å². The summed E-state index contributed by atoms with van der Waals surface area (Å²) in [5.74, 6) is 0.224. The first-order valence-corrected chi connectivity index (χ1v) is 7.62. The number of carbonyl (C=O) groups is 2. The number of hydrogen-bond acceptors (Lipinski definition) is 5. The summed E-state index contributed by atoms with van der Waals surface area (Å²) in [4.78, 5) is 28.4. The van der Waals surface area contributed by atoms with Gasteiger partial charge in [-0.25, -0.2) is 4.90 Å². The van der Waals surface area contributed by atoms with Gasteiger partial charge in [0.15, 0.2) is 0 Å². The Hall–Kier alpha value is -1.92. The maximum absolute atomic E-state index is 12.7. The number of imide groups is 1. The number of morpholine rings is 1. The van der Waals surface area contributed by atoms with Gasteiger partial charge in [-0.2, -0.15) is 0 Å². The smallest absolute Gasteiger partial charge is 0.251 e. The molecule has 0 saturated carbocycles. The van der Waals surface area contributed by atoms with Crippen LogP contribution in [0, 0.1) is 0 Å². The lowest BCUT2D eigenvalue weighted by atomic mass is 10.2. The van der Waals surface area contributed by atoms with Gasteiger partial charge in [0.2, 0.25) is 5.91 Å². The molecule has 6 heteroatoms. The first-order valence-electron chi connectivity index (χ1n) is 7.62. The van der Waals surface area contributed by atoms with Gasteiger partial charge in [0.05, 0.1) is 38.0 Å². The number of nitrogens with zero attached hydrogens (tertiary/aromatic N) is 2. The van der Waals surface area contributed by atoms with Crippen LogP contribution in [0.1, 0.15) is 13.3 Å². The standard InChI is InChI=1S/C16H20N2O4/c1-2-22-14-6-4-3-5-12(14)18-15(19)11-13(16(18)20)17-7-9-21-10-8-17/h3-6,13H,2,7-11H2,1H3/t13-/m0/s1. The Morgan fingerprint density at radius 1 is 1.23 bits per heavy atom. The highest BCUT2D eigenvalue weighted by Gasteiger charge is 2.43. The Labute approximate surface area is 129 Å². The second-order valence-corrected chi connectivity index (χ2v) is 5.34. The first-order chi connectivity index (χ1) is 10.7. The van der Waals surface area contributed by atoms with Crippen molar-refractivity contribution >= 4 is 17.5 Å². The van der Waals surface area contributed by atoms with Gasteiger partial charge in [0, 0.05) is 13.1 Å². The quantitative estimate of drug-likeness (QED) is 0.778. The monoisotopic (exact) mass is 304 g/mol. The molecule has 1 aromatic carbocycles. The van der Waals surface area contributed by atoms with Crippen molar-refractivity contribution in [3.05, 3.63) is 24.3 Å². The molecule has 1 aromatic rings. The van der Waals surface area contributed by atoms with Crippen LogP contribution in [-0.4, -0.2) is 55.7 Å². The zero-order valence-corrected chi connectivity index (χ0v) is 12.7. The van der Waals surface area contributed by atoms with Gasteiger partial charge in [-0.15, -0.1) is 0 Å². The molecule has 0 aromatic heterocycles. The van der Waals surface area contributed by atoms with Crippen LogP contribution in [-0.2, 0) is 14.3 Å². The fourth-order valence-electron chi connectivity index (χ4n) is 2.96. The zero-order chi connectivity index (χ0) is 15.5. The summed E-state index contributed by atoms with van der Waals surface area (Å²) in [6.45, 7) is 4.94. The molecule has 2 aliphatic rings. The molecule has 2 heterocycles. The minimum absolute atomic E-state index is 0.168. The number of benzene rings is 1. The van der Waals surface area contributed by atoms with Gasteiger partial charge < -0.3 is 9.47 Å². The fraction of sp³-hybridized carbons (Fsp3) is 0.500. The lowest BCUT2D eigenvalue weighted by Crippen LogP contribution is -2.47. The Morgan fingerprint density at radius 2 is 1.95 bits per heavy atom. The van der Waals surface area contributed by atoms with Gasteiger partial charge in [0.25, 0.3) is 5.91 Å². The number of hydrogen-bond donors (Lipinski definition) is 0. The number of amides is 2. The van der Waals surface area contributed by atoms with Crippen LogP contribution in [0.15, 0.2) is 24.3 Å². The molecule has 0 aliphatic carbocycles. The van der Waals surface area contributed by atoms with Gasteiger partial charge in [-0.1, -0.05) is 12.1 Å². The lowest BCUT2D eigenvalue weighted by Gasteiger charge is -2.30. The first kappa shape index (κ1) is 15.0. The molecule has 0 unspecified atom stereocenters. The summed E-state index contributed by atoms with van der Waals surface area (Å²) in [6.07, 6.45) is 0.222. The van der Waals surface area contributed by atoms with E-state index in [9.17, 15) is 9.59 Å². The number of para-hydroxylation sites is 2. The molecule has 2 saturated heterocycles. The number of ether oxygens (including phenoxy) is 2. The molecule has 0 spiro atoms. The van der Waals surface area contributed by atoms with E-state index in [1.54, 1.807) is 18.2 Å². The number of rotatable bonds is 4. The van der Waals surface area contributed by atoms with Gasteiger partial charge in [-0.05, 0) is 19.1 Å². The van der Waals surface area contributed by atoms with Crippen LogP contribution in [0.2, 0.25) is 0 Å². The molecule has 1 atom stereocenters. The molecule has 2 aliphatic heterocycles. The van der Waals surface area contributed by atoms with Gasteiger partial charge in [-0.3, -0.25) is 14.5 Å². The SMILES string of the molecule is CCOc1ccccc1N1C(=O)C[C@H](N2CCOCC2)C1=O. The Bertz CT molecular complexity index is 569.